The molecule has 1 saturated heterocycles. The molecule has 2 aromatic rings. The minimum atomic E-state index is -0.918. The molecule has 0 radical (unpaired) electrons. The summed E-state index contributed by atoms with van der Waals surface area (Å²) >= 11 is 4.48. The van der Waals surface area contributed by atoms with E-state index >= 15 is 0 Å². The Morgan fingerprint density at radius 2 is 2.19 bits per heavy atom. The molecule has 2 aromatic heterocycles. The van der Waals surface area contributed by atoms with E-state index in [1.54, 1.807) is 4.57 Å². The summed E-state index contributed by atoms with van der Waals surface area (Å²) in [5, 5.41) is 19.9. The first-order valence-corrected chi connectivity index (χ1v) is 9.68. The van der Waals surface area contributed by atoms with E-state index in [4.69, 9.17) is 10.5 Å². The number of aliphatic hydroxyl groups excluding tert-OH is 2. The molecule has 8 nitrogen and oxygen atoms in total. The fraction of sp³-hybridized carbons (Fsp3) is 0.611. The van der Waals surface area contributed by atoms with Crippen molar-refractivity contribution < 1.29 is 14.9 Å². The first-order valence-electron chi connectivity index (χ1n) is 9.16. The van der Waals surface area contributed by atoms with Crippen LogP contribution in [0.3, 0.4) is 0 Å². The number of nitrogens with zero attached hydrogens (tertiary/aromatic N) is 4. The highest BCUT2D eigenvalue weighted by atomic mass is 32.1. The van der Waals surface area contributed by atoms with Crippen LogP contribution in [0.2, 0.25) is 0 Å². The maximum atomic E-state index is 10.4. The van der Waals surface area contributed by atoms with E-state index in [0.717, 1.165) is 19.3 Å². The van der Waals surface area contributed by atoms with Gasteiger partial charge in [0.1, 0.15) is 11.6 Å². The second kappa shape index (κ2) is 8.44. The van der Waals surface area contributed by atoms with Crippen LogP contribution in [0.15, 0.2) is 6.33 Å². The number of hydrogen-bond acceptors (Lipinski definition) is 8. The Hall–Kier alpha value is -1.86. The van der Waals surface area contributed by atoms with Crippen LogP contribution in [0.25, 0.3) is 11.2 Å². The van der Waals surface area contributed by atoms with Gasteiger partial charge in [-0.05, 0) is 18.8 Å². The molecule has 0 aromatic carbocycles. The zero-order valence-corrected chi connectivity index (χ0v) is 16.3. The highest BCUT2D eigenvalue weighted by Crippen LogP contribution is 2.36. The van der Waals surface area contributed by atoms with Gasteiger partial charge >= 0.3 is 0 Å². The lowest BCUT2D eigenvalue weighted by atomic mass is 10.1. The average Bonchev–Trinajstić information content (AvgIpc) is 3.20. The average molecular weight is 391 g/mol. The van der Waals surface area contributed by atoms with Crippen molar-refractivity contribution in [1.82, 2.24) is 19.5 Å². The van der Waals surface area contributed by atoms with Crippen molar-refractivity contribution in [3.05, 3.63) is 12.2 Å². The van der Waals surface area contributed by atoms with Gasteiger partial charge in [0, 0.05) is 6.42 Å². The molecular weight excluding hydrogens is 366 g/mol. The molecule has 0 amide bonds. The molecule has 1 unspecified atom stereocenters. The van der Waals surface area contributed by atoms with Crippen LogP contribution >= 0.6 is 12.6 Å². The van der Waals surface area contributed by atoms with Crippen molar-refractivity contribution in [2.45, 2.75) is 69.3 Å². The van der Waals surface area contributed by atoms with Gasteiger partial charge in [-0.1, -0.05) is 26.2 Å². The summed E-state index contributed by atoms with van der Waals surface area (Å²) in [4.78, 5) is 12.9. The molecule has 9 heteroatoms. The predicted molar refractivity (Wildman–Crippen MR) is 105 cm³/mol. The van der Waals surface area contributed by atoms with E-state index in [1.807, 2.05) is 6.92 Å². The molecule has 3 rings (SSSR count). The Kier molecular flexibility index (Phi) is 6.22. The molecular formula is C18H25N5O3S. The van der Waals surface area contributed by atoms with Gasteiger partial charge < -0.3 is 20.7 Å². The lowest BCUT2D eigenvalue weighted by Crippen LogP contribution is -2.36. The van der Waals surface area contributed by atoms with Gasteiger partial charge in [-0.3, -0.25) is 4.57 Å². The molecule has 5 atom stereocenters. The SMILES string of the molecule is CCCCC#Cc1nc(N)c2ncn([C@@H]3O[C@H](C(O)CC)[C@@H](O)[C@H]3S)c2n1. The largest absolute Gasteiger partial charge is 0.390 e. The van der Waals surface area contributed by atoms with E-state index in [1.165, 1.54) is 6.33 Å². The fourth-order valence-corrected chi connectivity index (χ4v) is 3.44. The second-order valence-corrected chi connectivity index (χ2v) is 7.21. The third kappa shape index (κ3) is 3.89. The van der Waals surface area contributed by atoms with E-state index in [2.05, 4.69) is 46.3 Å². The molecule has 1 fully saturated rings. The lowest BCUT2D eigenvalue weighted by molar-refractivity contribution is -0.0818. The maximum Gasteiger partial charge on any atom is 0.208 e. The molecule has 0 bridgehead atoms. The van der Waals surface area contributed by atoms with Gasteiger partial charge in [0.05, 0.1) is 23.8 Å². The zero-order valence-electron chi connectivity index (χ0n) is 15.4. The van der Waals surface area contributed by atoms with Crippen LogP contribution in [-0.2, 0) is 4.74 Å². The molecule has 1 aliphatic heterocycles. The number of aromatic nitrogens is 4. The highest BCUT2D eigenvalue weighted by molar-refractivity contribution is 7.81. The number of rotatable bonds is 5. The smallest absolute Gasteiger partial charge is 0.208 e. The third-order valence-electron chi connectivity index (χ3n) is 4.65. The van der Waals surface area contributed by atoms with Crippen LogP contribution in [0.4, 0.5) is 5.82 Å². The normalized spacial score (nSPS) is 26.1. The van der Waals surface area contributed by atoms with Gasteiger partial charge in [0.25, 0.3) is 0 Å². The number of unbranched alkanes of at least 4 members (excludes halogenated alkanes) is 2. The van der Waals surface area contributed by atoms with E-state index < -0.39 is 29.8 Å². The van der Waals surface area contributed by atoms with Crippen LogP contribution in [0, 0.1) is 11.8 Å². The van der Waals surface area contributed by atoms with Crippen molar-refractivity contribution in [2.24, 2.45) is 0 Å². The molecule has 3 heterocycles. The minimum absolute atomic E-state index is 0.234. The van der Waals surface area contributed by atoms with Gasteiger partial charge in [-0.25, -0.2) is 15.0 Å². The molecule has 1 aliphatic rings. The quantitative estimate of drug-likeness (QED) is 0.344. The number of anilines is 1. The highest BCUT2D eigenvalue weighted by Gasteiger charge is 2.46. The summed E-state index contributed by atoms with van der Waals surface area (Å²) in [6.45, 7) is 3.93. The second-order valence-electron chi connectivity index (χ2n) is 6.61. The van der Waals surface area contributed by atoms with Crippen LogP contribution in [-0.4, -0.2) is 53.3 Å². The number of hydrogen-bond donors (Lipinski definition) is 4. The molecule has 0 saturated carbocycles. The van der Waals surface area contributed by atoms with Gasteiger partial charge in [-0.2, -0.15) is 12.6 Å². The van der Waals surface area contributed by atoms with Gasteiger partial charge in [-0.15, -0.1) is 0 Å². The lowest BCUT2D eigenvalue weighted by Gasteiger charge is -2.19. The minimum Gasteiger partial charge on any atom is -0.390 e. The number of fused-ring (bicyclic) bond motifs is 1. The molecule has 0 spiro atoms. The Bertz CT molecular complexity index is 862. The van der Waals surface area contributed by atoms with Crippen LogP contribution in [0.5, 0.6) is 0 Å². The summed E-state index contributed by atoms with van der Waals surface area (Å²) < 4.78 is 7.55. The van der Waals surface area contributed by atoms with E-state index in [0.29, 0.717) is 23.4 Å². The summed E-state index contributed by atoms with van der Waals surface area (Å²) in [6, 6.07) is 0. The molecule has 146 valence electrons. The molecule has 4 N–H and O–H groups in total. The number of thiol groups is 1. The first-order chi connectivity index (χ1) is 13.0. The fourth-order valence-electron chi connectivity index (χ4n) is 3.05. The predicted octanol–water partition coefficient (Wildman–Crippen LogP) is 1.28. The summed E-state index contributed by atoms with van der Waals surface area (Å²) in [6.07, 6.45) is 1.77. The molecule has 27 heavy (non-hydrogen) atoms. The third-order valence-corrected chi connectivity index (χ3v) is 5.21. The summed E-state index contributed by atoms with van der Waals surface area (Å²) in [5.41, 5.74) is 6.91. The maximum absolute atomic E-state index is 10.4. The molecule has 0 aliphatic carbocycles. The standard InChI is InChI=1S/C18H25N5O3S/c1-3-5-6-7-8-11-21-16(19)12-17(22-11)23(9-20-12)18-15(27)13(25)14(26-18)10(24)4-2/h9-10,13-15,18,24-25,27H,3-6H2,1-2H3,(H2,19,21,22)/t10?,13-,14-,15-,18-/m1/s1. The monoisotopic (exact) mass is 391 g/mol. The Morgan fingerprint density at radius 1 is 1.41 bits per heavy atom. The van der Waals surface area contributed by atoms with E-state index in [9.17, 15) is 10.2 Å². The van der Waals surface area contributed by atoms with Crippen molar-refractivity contribution in [3.63, 3.8) is 0 Å². The van der Waals surface area contributed by atoms with Crippen molar-refractivity contribution in [3.8, 4) is 11.8 Å². The number of nitrogens with two attached hydrogens (primary N) is 1. The Labute approximate surface area is 163 Å². The van der Waals surface area contributed by atoms with Gasteiger partial charge in [0.2, 0.25) is 5.82 Å². The first kappa shape index (κ1) is 19.9. The van der Waals surface area contributed by atoms with Crippen LogP contribution in [0.1, 0.15) is 51.6 Å². The number of imidazole rings is 1. The summed E-state index contributed by atoms with van der Waals surface area (Å²) in [5.74, 6) is 6.53. The van der Waals surface area contributed by atoms with Crippen LogP contribution < -0.4 is 5.73 Å². The topological polar surface area (TPSA) is 119 Å². The van der Waals surface area contributed by atoms with E-state index in [-0.39, 0.29) is 5.82 Å². The zero-order chi connectivity index (χ0) is 19.6. The number of ether oxygens (including phenoxy) is 1. The van der Waals surface area contributed by atoms with Crippen molar-refractivity contribution >= 4 is 29.6 Å². The summed E-state index contributed by atoms with van der Waals surface area (Å²) in [7, 11) is 0. The van der Waals surface area contributed by atoms with Gasteiger partial charge in [0.15, 0.2) is 17.7 Å². The Morgan fingerprint density at radius 3 is 2.89 bits per heavy atom. The number of aliphatic hydroxyl groups is 2. The van der Waals surface area contributed by atoms with Crippen molar-refractivity contribution in [2.75, 3.05) is 5.73 Å². The van der Waals surface area contributed by atoms with Crippen molar-refractivity contribution in [1.29, 1.82) is 0 Å². The number of nitrogen functional groups attached to an aromatic ring is 1. The Balaban J connectivity index is 1.95.